The zero-order valence-electron chi connectivity index (χ0n) is 23.6. The Hall–Kier alpha value is -3.60. The number of pyridine rings is 1. The van der Waals surface area contributed by atoms with Crippen LogP contribution in [-0.4, -0.2) is 60.7 Å². The summed E-state index contributed by atoms with van der Waals surface area (Å²) in [5.41, 5.74) is 7.42. The average molecular weight is 563 g/mol. The van der Waals surface area contributed by atoms with E-state index in [0.717, 1.165) is 56.3 Å². The van der Waals surface area contributed by atoms with E-state index in [1.165, 1.54) is 12.8 Å². The van der Waals surface area contributed by atoms with Crippen LogP contribution in [0.5, 0.6) is 11.6 Å². The zero-order valence-corrected chi connectivity index (χ0v) is 23.6. The fourth-order valence-corrected chi connectivity index (χ4v) is 6.49. The predicted molar refractivity (Wildman–Crippen MR) is 149 cm³/mol. The number of hydrogen-bond acceptors (Lipinski definition) is 7. The van der Waals surface area contributed by atoms with Gasteiger partial charge in [0.1, 0.15) is 24.0 Å². The summed E-state index contributed by atoms with van der Waals surface area (Å²) >= 11 is 0. The molecule has 0 radical (unpaired) electrons. The van der Waals surface area contributed by atoms with Crippen molar-refractivity contribution in [3.8, 4) is 11.6 Å². The van der Waals surface area contributed by atoms with E-state index in [9.17, 15) is 14.7 Å². The van der Waals surface area contributed by atoms with Crippen molar-refractivity contribution in [2.75, 3.05) is 6.61 Å². The number of aromatic nitrogens is 4. The van der Waals surface area contributed by atoms with Crippen LogP contribution in [0.4, 0.5) is 0 Å². The standard InChI is InChI=1S/C30H38N6O5/c1-29(2,39)16-40-24-8-7-23-21(13-32-36(23)25(24)18-5-6-18)27(38)33-19-9-30(10-19)11-20(12-30)41-28-22(26(31)37)15-35(34-28)14-17-3-4-17/h7-8,13,15,17-20,39H,3-6,9-12,14,16H2,1-2H3,(H2,31,37)(H,33,38). The summed E-state index contributed by atoms with van der Waals surface area (Å²) in [7, 11) is 0. The maximum Gasteiger partial charge on any atom is 0.255 e. The Labute approximate surface area is 238 Å². The summed E-state index contributed by atoms with van der Waals surface area (Å²) in [6.07, 6.45) is 11.4. The fourth-order valence-electron chi connectivity index (χ4n) is 6.49. The second kappa shape index (κ2) is 9.47. The molecular weight excluding hydrogens is 524 g/mol. The van der Waals surface area contributed by atoms with E-state index >= 15 is 0 Å². The summed E-state index contributed by atoms with van der Waals surface area (Å²) in [5, 5.41) is 22.3. The van der Waals surface area contributed by atoms with E-state index < -0.39 is 11.5 Å². The molecule has 11 nitrogen and oxygen atoms in total. The van der Waals surface area contributed by atoms with Gasteiger partial charge in [0.05, 0.1) is 28.6 Å². The van der Waals surface area contributed by atoms with E-state index in [2.05, 4.69) is 15.5 Å². The molecule has 0 saturated heterocycles. The number of carbonyl (C=O) groups is 2. The van der Waals surface area contributed by atoms with Crippen molar-refractivity contribution in [1.82, 2.24) is 24.7 Å². The van der Waals surface area contributed by atoms with E-state index in [-0.39, 0.29) is 30.1 Å². The number of hydrogen-bond donors (Lipinski definition) is 3. The van der Waals surface area contributed by atoms with Gasteiger partial charge >= 0.3 is 0 Å². The molecule has 0 atom stereocenters. The third-order valence-corrected chi connectivity index (χ3v) is 8.90. The van der Waals surface area contributed by atoms with Gasteiger partial charge in [-0.05, 0) is 88.7 Å². The maximum absolute atomic E-state index is 13.3. The van der Waals surface area contributed by atoms with E-state index in [1.54, 1.807) is 30.9 Å². The van der Waals surface area contributed by atoms with E-state index in [4.69, 9.17) is 15.2 Å². The summed E-state index contributed by atoms with van der Waals surface area (Å²) in [4.78, 5) is 25.2. The molecule has 41 heavy (non-hydrogen) atoms. The first-order valence-corrected chi connectivity index (χ1v) is 14.8. The van der Waals surface area contributed by atoms with Gasteiger partial charge in [-0.25, -0.2) is 4.52 Å². The molecule has 4 saturated carbocycles. The molecule has 0 aliphatic heterocycles. The Morgan fingerprint density at radius 3 is 2.56 bits per heavy atom. The molecule has 7 rings (SSSR count). The van der Waals surface area contributed by atoms with Crippen LogP contribution in [0.1, 0.15) is 97.5 Å². The molecule has 1 spiro atoms. The molecule has 0 unspecified atom stereocenters. The van der Waals surface area contributed by atoms with Crippen molar-refractivity contribution >= 4 is 17.3 Å². The molecule has 3 aromatic heterocycles. The summed E-state index contributed by atoms with van der Waals surface area (Å²) in [6, 6.07) is 3.86. The first kappa shape index (κ1) is 26.3. The van der Waals surface area contributed by atoms with Crippen LogP contribution in [0, 0.1) is 11.3 Å². The Bertz CT molecular complexity index is 1500. The normalized spacial score (nSPS) is 25.5. The number of rotatable bonds is 11. The molecule has 3 aromatic rings. The molecule has 2 amide bonds. The zero-order chi connectivity index (χ0) is 28.5. The monoisotopic (exact) mass is 562 g/mol. The van der Waals surface area contributed by atoms with Crippen molar-refractivity contribution in [2.24, 2.45) is 17.1 Å². The first-order chi connectivity index (χ1) is 19.6. The number of nitrogens with one attached hydrogen (secondary N) is 1. The van der Waals surface area contributed by atoms with Crippen LogP contribution in [0.15, 0.2) is 24.5 Å². The number of ether oxygens (including phenoxy) is 2. The SMILES string of the molecule is CC(C)(O)COc1ccc2c(C(=O)NC3CC4(C3)CC(Oc3nn(CC5CC5)cc3C(N)=O)C4)cnn2c1C1CC1. The minimum absolute atomic E-state index is 0.00214. The van der Waals surface area contributed by atoms with Crippen LogP contribution in [0.25, 0.3) is 5.52 Å². The molecular formula is C30H38N6O5. The largest absolute Gasteiger partial charge is 0.489 e. The number of nitrogens with zero attached hydrogens (tertiary/aromatic N) is 4. The van der Waals surface area contributed by atoms with Gasteiger partial charge in [0.15, 0.2) is 0 Å². The molecule has 0 bridgehead atoms. The summed E-state index contributed by atoms with van der Waals surface area (Å²) in [6.45, 7) is 4.40. The Kier molecular flexibility index (Phi) is 6.08. The van der Waals surface area contributed by atoms with Gasteiger partial charge in [0, 0.05) is 24.7 Å². The van der Waals surface area contributed by atoms with Crippen LogP contribution >= 0.6 is 0 Å². The fraction of sp³-hybridized carbons (Fsp3) is 0.600. The highest BCUT2D eigenvalue weighted by Gasteiger charge is 2.54. The highest BCUT2D eigenvalue weighted by molar-refractivity contribution is 6.01. The number of fused-ring (bicyclic) bond motifs is 1. The second-order valence-electron chi connectivity index (χ2n) is 13.4. The minimum Gasteiger partial charge on any atom is -0.489 e. The van der Waals surface area contributed by atoms with Crippen molar-refractivity contribution in [1.29, 1.82) is 0 Å². The molecule has 4 aliphatic carbocycles. The smallest absolute Gasteiger partial charge is 0.255 e. The minimum atomic E-state index is -0.942. The lowest BCUT2D eigenvalue weighted by Gasteiger charge is -2.57. The van der Waals surface area contributed by atoms with E-state index in [0.29, 0.717) is 34.6 Å². The van der Waals surface area contributed by atoms with Gasteiger partial charge in [0.25, 0.3) is 11.8 Å². The highest BCUT2D eigenvalue weighted by Crippen LogP contribution is 2.57. The Morgan fingerprint density at radius 1 is 1.15 bits per heavy atom. The van der Waals surface area contributed by atoms with Crippen molar-refractivity contribution in [2.45, 2.75) is 95.4 Å². The second-order valence-corrected chi connectivity index (χ2v) is 13.4. The lowest BCUT2D eigenvalue weighted by molar-refractivity contribution is -0.0849. The number of primary amides is 1. The van der Waals surface area contributed by atoms with Gasteiger partial charge in [-0.15, -0.1) is 5.10 Å². The third kappa shape index (κ3) is 5.27. The Balaban J connectivity index is 0.954. The molecule has 3 heterocycles. The lowest BCUT2D eigenvalue weighted by Crippen LogP contribution is -2.58. The van der Waals surface area contributed by atoms with Gasteiger partial charge in [0.2, 0.25) is 5.88 Å². The Morgan fingerprint density at radius 2 is 1.90 bits per heavy atom. The van der Waals surface area contributed by atoms with Gasteiger partial charge in [-0.1, -0.05) is 0 Å². The van der Waals surface area contributed by atoms with E-state index in [1.807, 2.05) is 16.6 Å². The van der Waals surface area contributed by atoms with Crippen LogP contribution in [0.2, 0.25) is 0 Å². The topological polar surface area (TPSA) is 146 Å². The van der Waals surface area contributed by atoms with Crippen molar-refractivity contribution in [3.63, 3.8) is 0 Å². The number of aliphatic hydroxyl groups is 1. The molecule has 4 N–H and O–H groups in total. The number of carbonyl (C=O) groups excluding carboxylic acids is 2. The summed E-state index contributed by atoms with van der Waals surface area (Å²) in [5.74, 6) is 1.39. The van der Waals surface area contributed by atoms with Gasteiger partial charge in [-0.3, -0.25) is 14.3 Å². The third-order valence-electron chi connectivity index (χ3n) is 8.90. The average Bonchev–Trinajstić information content (AvgIpc) is 3.78. The van der Waals surface area contributed by atoms with Crippen molar-refractivity contribution in [3.05, 3.63) is 41.3 Å². The van der Waals surface area contributed by atoms with Crippen LogP contribution in [-0.2, 0) is 6.54 Å². The highest BCUT2D eigenvalue weighted by atomic mass is 16.5. The quantitative estimate of drug-likeness (QED) is 0.325. The number of amides is 2. The molecule has 0 aromatic carbocycles. The molecule has 4 aliphatic rings. The first-order valence-electron chi connectivity index (χ1n) is 14.8. The van der Waals surface area contributed by atoms with Crippen molar-refractivity contribution < 1.29 is 24.2 Å². The lowest BCUT2D eigenvalue weighted by atomic mass is 9.53. The predicted octanol–water partition coefficient (Wildman–Crippen LogP) is 3.19. The van der Waals surface area contributed by atoms with Gasteiger partial charge in [-0.2, -0.15) is 5.10 Å². The number of nitrogens with two attached hydrogens (primary N) is 1. The molecule has 218 valence electrons. The molecule has 11 heteroatoms. The summed E-state index contributed by atoms with van der Waals surface area (Å²) < 4.78 is 15.7. The maximum atomic E-state index is 13.3. The van der Waals surface area contributed by atoms with Gasteiger partial charge < -0.3 is 25.6 Å². The van der Waals surface area contributed by atoms with Crippen LogP contribution < -0.4 is 20.5 Å². The molecule has 4 fully saturated rings. The van der Waals surface area contributed by atoms with Crippen LogP contribution in [0.3, 0.4) is 0 Å².